The van der Waals surface area contributed by atoms with Crippen molar-refractivity contribution in [2.45, 2.75) is 38.1 Å². The molecule has 0 aromatic carbocycles. The lowest BCUT2D eigenvalue weighted by Crippen LogP contribution is -2.35. The topological polar surface area (TPSA) is 122 Å². The molecule has 0 radical (unpaired) electrons. The number of aryl methyl sites for hydroxylation is 2. The molecule has 9 heteroatoms. The van der Waals surface area contributed by atoms with E-state index in [9.17, 15) is 19.5 Å². The summed E-state index contributed by atoms with van der Waals surface area (Å²) in [6.45, 7) is 0. The molecule has 1 fully saturated rings. The molecule has 2 aromatic rings. The van der Waals surface area contributed by atoms with E-state index in [1.165, 1.54) is 11.6 Å². The summed E-state index contributed by atoms with van der Waals surface area (Å²) in [5.41, 5.74) is -0.543. The van der Waals surface area contributed by atoms with Gasteiger partial charge in [-0.1, -0.05) is 19.3 Å². The summed E-state index contributed by atoms with van der Waals surface area (Å²) in [6.07, 6.45) is 3.93. The molecule has 0 spiro atoms. The highest BCUT2D eigenvalue weighted by atomic mass is 16.4. The van der Waals surface area contributed by atoms with E-state index in [1.54, 1.807) is 11.6 Å². The molecule has 3 N–H and O–H groups in total. The lowest BCUT2D eigenvalue weighted by Gasteiger charge is -2.29. The van der Waals surface area contributed by atoms with Crippen LogP contribution < -0.4 is 16.6 Å². The van der Waals surface area contributed by atoms with Gasteiger partial charge in [-0.05, 0) is 18.8 Å². The Morgan fingerprint density at radius 2 is 1.92 bits per heavy atom. The maximum atomic E-state index is 12.1. The summed E-state index contributed by atoms with van der Waals surface area (Å²) in [5, 5.41) is 11.8. The van der Waals surface area contributed by atoms with Gasteiger partial charge < -0.3 is 15.0 Å². The molecule has 1 aliphatic rings. The average Bonchev–Trinajstić information content (AvgIpc) is 2.89. The zero-order valence-electron chi connectivity index (χ0n) is 13.7. The van der Waals surface area contributed by atoms with Crippen molar-refractivity contribution in [2.24, 2.45) is 20.0 Å². The van der Waals surface area contributed by atoms with Gasteiger partial charge in [0, 0.05) is 14.1 Å². The average molecular weight is 335 g/mol. The zero-order chi connectivity index (χ0) is 17.4. The first-order chi connectivity index (χ1) is 11.4. The van der Waals surface area contributed by atoms with Crippen LogP contribution in [-0.4, -0.2) is 30.3 Å². The molecule has 0 aliphatic heterocycles. The van der Waals surface area contributed by atoms with E-state index in [4.69, 9.17) is 0 Å². The van der Waals surface area contributed by atoms with Crippen LogP contribution in [0.2, 0.25) is 0 Å². The van der Waals surface area contributed by atoms with Crippen LogP contribution >= 0.6 is 0 Å². The van der Waals surface area contributed by atoms with Gasteiger partial charge in [0.25, 0.3) is 5.56 Å². The summed E-state index contributed by atoms with van der Waals surface area (Å²) in [5.74, 6) is 0.590. The normalized spacial score (nSPS) is 17.1. The minimum atomic E-state index is -1.12. The fourth-order valence-corrected chi connectivity index (χ4v) is 3.60. The van der Waals surface area contributed by atoms with Gasteiger partial charge in [-0.15, -0.1) is 0 Å². The first-order valence-electron chi connectivity index (χ1n) is 8.05. The molecule has 1 unspecified atom stereocenters. The van der Waals surface area contributed by atoms with Crippen molar-refractivity contribution in [3.05, 3.63) is 26.7 Å². The van der Waals surface area contributed by atoms with Gasteiger partial charge in [0.1, 0.15) is 5.82 Å². The zero-order valence-corrected chi connectivity index (χ0v) is 13.7. The van der Waals surface area contributed by atoms with Crippen LogP contribution in [0, 0.1) is 5.92 Å². The number of nitrogens with one attached hydrogen (secondary N) is 2. The van der Waals surface area contributed by atoms with Crippen molar-refractivity contribution in [1.29, 1.82) is 0 Å². The van der Waals surface area contributed by atoms with Gasteiger partial charge >= 0.3 is 11.8 Å². The Bertz CT molecular complexity index is 888. The molecule has 3 rings (SSSR count). The van der Waals surface area contributed by atoms with Gasteiger partial charge in [-0.2, -0.15) is 0 Å². The first-order valence-corrected chi connectivity index (χ1v) is 8.05. The Labute approximate surface area is 137 Å². The first kappa shape index (κ1) is 16.3. The number of aromatic nitrogens is 4. The SMILES string of the molecule is Cn1c(C(NC(=O)O)C2CCCCC2)nc2c1c(=O)[nH]c(=O)n2C. The molecular weight excluding hydrogens is 314 g/mol. The number of imidazole rings is 1. The Hall–Kier alpha value is -2.58. The summed E-state index contributed by atoms with van der Waals surface area (Å²) in [6, 6.07) is -0.505. The van der Waals surface area contributed by atoms with Crippen LogP contribution in [0.1, 0.15) is 44.0 Å². The predicted octanol–water partition coefficient (Wildman–Crippen LogP) is 0.849. The smallest absolute Gasteiger partial charge is 0.405 e. The molecule has 24 heavy (non-hydrogen) atoms. The Kier molecular flexibility index (Phi) is 4.16. The maximum Gasteiger partial charge on any atom is 0.405 e. The number of carboxylic acid groups (broad SMARTS) is 1. The Morgan fingerprint density at radius 3 is 2.54 bits per heavy atom. The second-order valence-electron chi connectivity index (χ2n) is 6.34. The number of hydrogen-bond donors (Lipinski definition) is 3. The monoisotopic (exact) mass is 335 g/mol. The number of rotatable bonds is 3. The summed E-state index contributed by atoms with van der Waals surface area (Å²) < 4.78 is 2.85. The third-order valence-electron chi connectivity index (χ3n) is 4.85. The fourth-order valence-electron chi connectivity index (χ4n) is 3.60. The van der Waals surface area contributed by atoms with E-state index in [0.717, 1.165) is 32.1 Å². The number of amides is 1. The molecule has 0 saturated heterocycles. The Balaban J connectivity index is 2.17. The van der Waals surface area contributed by atoms with Crippen LogP contribution in [0.15, 0.2) is 9.59 Å². The third kappa shape index (κ3) is 2.70. The molecule has 0 bridgehead atoms. The minimum absolute atomic E-state index is 0.126. The predicted molar refractivity (Wildman–Crippen MR) is 87.1 cm³/mol. The quantitative estimate of drug-likeness (QED) is 0.767. The van der Waals surface area contributed by atoms with Crippen molar-refractivity contribution >= 4 is 17.3 Å². The molecule has 9 nitrogen and oxygen atoms in total. The van der Waals surface area contributed by atoms with Gasteiger partial charge in [0.05, 0.1) is 6.04 Å². The lowest BCUT2D eigenvalue weighted by atomic mass is 9.83. The van der Waals surface area contributed by atoms with Crippen molar-refractivity contribution in [2.75, 3.05) is 0 Å². The van der Waals surface area contributed by atoms with Crippen LogP contribution in [0.4, 0.5) is 4.79 Å². The summed E-state index contributed by atoms with van der Waals surface area (Å²) in [4.78, 5) is 41.9. The number of nitrogens with zero attached hydrogens (tertiary/aromatic N) is 3. The highest BCUT2D eigenvalue weighted by Crippen LogP contribution is 2.34. The van der Waals surface area contributed by atoms with Crippen LogP contribution in [0.3, 0.4) is 0 Å². The second-order valence-corrected chi connectivity index (χ2v) is 6.34. The number of carbonyl (C=O) groups is 1. The number of aromatic amines is 1. The van der Waals surface area contributed by atoms with Gasteiger partial charge in [-0.3, -0.25) is 14.3 Å². The van der Waals surface area contributed by atoms with Crippen molar-refractivity contribution in [1.82, 2.24) is 24.4 Å². The summed E-state index contributed by atoms with van der Waals surface area (Å²) >= 11 is 0. The van der Waals surface area contributed by atoms with E-state index in [0.29, 0.717) is 5.82 Å². The minimum Gasteiger partial charge on any atom is -0.465 e. The molecular formula is C15H21N5O4. The molecule has 2 aromatic heterocycles. The highest BCUT2D eigenvalue weighted by Gasteiger charge is 2.31. The number of fused-ring (bicyclic) bond motifs is 1. The molecule has 2 heterocycles. The van der Waals surface area contributed by atoms with E-state index < -0.39 is 23.4 Å². The second kappa shape index (κ2) is 6.14. The highest BCUT2D eigenvalue weighted by molar-refractivity contribution is 5.71. The van der Waals surface area contributed by atoms with Gasteiger partial charge in [0.2, 0.25) is 0 Å². The fraction of sp³-hybridized carbons (Fsp3) is 0.600. The largest absolute Gasteiger partial charge is 0.465 e. The maximum absolute atomic E-state index is 12.1. The van der Waals surface area contributed by atoms with Crippen LogP contribution in [0.25, 0.3) is 11.2 Å². The van der Waals surface area contributed by atoms with Crippen LogP contribution in [-0.2, 0) is 14.1 Å². The Morgan fingerprint density at radius 1 is 1.25 bits per heavy atom. The molecule has 1 atom stereocenters. The third-order valence-corrected chi connectivity index (χ3v) is 4.85. The van der Waals surface area contributed by atoms with Gasteiger partial charge in [0.15, 0.2) is 11.2 Å². The van der Waals surface area contributed by atoms with Crippen molar-refractivity contribution in [3.8, 4) is 0 Å². The van der Waals surface area contributed by atoms with E-state index >= 15 is 0 Å². The van der Waals surface area contributed by atoms with E-state index in [-0.39, 0.29) is 17.1 Å². The molecule has 130 valence electrons. The van der Waals surface area contributed by atoms with Crippen molar-refractivity contribution in [3.63, 3.8) is 0 Å². The number of H-pyrrole nitrogens is 1. The summed E-state index contributed by atoms with van der Waals surface area (Å²) in [7, 11) is 3.20. The molecule has 1 amide bonds. The van der Waals surface area contributed by atoms with Gasteiger partial charge in [-0.25, -0.2) is 14.6 Å². The van der Waals surface area contributed by atoms with Crippen molar-refractivity contribution < 1.29 is 9.90 Å². The van der Waals surface area contributed by atoms with Crippen LogP contribution in [0.5, 0.6) is 0 Å². The van der Waals surface area contributed by atoms with E-state index in [1.807, 2.05) is 0 Å². The number of hydrogen-bond acceptors (Lipinski definition) is 4. The standard InChI is InChI=1S/C15H21N5O4/c1-19-10-12(20(2)14(22)18-13(10)21)17-11(19)9(16-15(23)24)8-6-4-3-5-7-8/h8-9,16H,3-7H2,1-2H3,(H,23,24)(H,18,21,22). The lowest BCUT2D eigenvalue weighted by molar-refractivity contribution is 0.176. The molecule has 1 aliphatic carbocycles. The van der Waals surface area contributed by atoms with E-state index in [2.05, 4.69) is 15.3 Å². The molecule has 1 saturated carbocycles.